The lowest BCUT2D eigenvalue weighted by molar-refractivity contribution is -0.111. The van der Waals surface area contributed by atoms with Crippen molar-refractivity contribution in [1.29, 1.82) is 0 Å². The molecule has 0 atom stereocenters. The number of hydrogen-bond acceptors (Lipinski definition) is 6. The lowest BCUT2D eigenvalue weighted by Crippen LogP contribution is -2.08. The number of rotatable bonds is 7. The Morgan fingerprint density at radius 3 is 2.72 bits per heavy atom. The van der Waals surface area contributed by atoms with Crippen molar-refractivity contribution in [2.75, 3.05) is 10.6 Å². The maximum Gasteiger partial charge on any atom is 0.248 e. The van der Waals surface area contributed by atoms with Gasteiger partial charge in [0.2, 0.25) is 5.91 Å². The summed E-state index contributed by atoms with van der Waals surface area (Å²) in [5.41, 5.74) is 5.02. The van der Waals surface area contributed by atoms with Crippen LogP contribution in [0.25, 0.3) is 22.6 Å². The summed E-state index contributed by atoms with van der Waals surface area (Å²) in [5.74, 6) is 1.88. The number of imidazole rings is 1. The van der Waals surface area contributed by atoms with Gasteiger partial charge in [0.1, 0.15) is 29.3 Å². The zero-order chi connectivity index (χ0) is 26.8. The van der Waals surface area contributed by atoms with Crippen molar-refractivity contribution in [3.05, 3.63) is 109 Å². The van der Waals surface area contributed by atoms with E-state index in [2.05, 4.69) is 25.6 Å². The van der Waals surface area contributed by atoms with Gasteiger partial charge in [0, 0.05) is 54.2 Å². The standard InChI is InChI=1S/C30H25N7O2/c1-20-16-21(6-10-27(20)39-24-8-11-28-31-13-15-37(28)18-24)35-30-25-17-22(5-9-26(25)32-19-33-30)34-29(38)12-7-23-4-3-14-36(23)2/h3-19H,1-2H3,(H,34,38)(H,32,33,35)/b12-7+. The summed E-state index contributed by atoms with van der Waals surface area (Å²) >= 11 is 0. The molecule has 4 heterocycles. The Balaban J connectivity index is 1.19. The summed E-state index contributed by atoms with van der Waals surface area (Å²) in [4.78, 5) is 25.6. The Labute approximate surface area is 224 Å². The summed E-state index contributed by atoms with van der Waals surface area (Å²) in [5, 5.41) is 7.08. The minimum absolute atomic E-state index is 0.222. The zero-order valence-electron chi connectivity index (χ0n) is 21.4. The van der Waals surface area contributed by atoms with Crippen molar-refractivity contribution < 1.29 is 9.53 Å². The van der Waals surface area contributed by atoms with E-state index in [1.54, 1.807) is 12.3 Å². The molecule has 0 unspecified atom stereocenters. The molecule has 0 aliphatic carbocycles. The van der Waals surface area contributed by atoms with E-state index in [0.29, 0.717) is 11.5 Å². The van der Waals surface area contributed by atoms with Gasteiger partial charge in [-0.2, -0.15) is 0 Å². The number of aromatic nitrogens is 5. The molecule has 192 valence electrons. The van der Waals surface area contributed by atoms with Gasteiger partial charge in [0.05, 0.1) is 11.7 Å². The maximum absolute atomic E-state index is 12.5. The lowest BCUT2D eigenvalue weighted by Gasteiger charge is -2.13. The van der Waals surface area contributed by atoms with Crippen LogP contribution >= 0.6 is 0 Å². The van der Waals surface area contributed by atoms with Crippen LogP contribution in [0.1, 0.15) is 11.3 Å². The third kappa shape index (κ3) is 5.19. The molecule has 2 N–H and O–H groups in total. The van der Waals surface area contributed by atoms with Crippen molar-refractivity contribution in [3.8, 4) is 11.5 Å². The highest BCUT2D eigenvalue weighted by Crippen LogP contribution is 2.30. The highest BCUT2D eigenvalue weighted by atomic mass is 16.5. The highest BCUT2D eigenvalue weighted by Gasteiger charge is 2.09. The number of ether oxygens (including phenoxy) is 1. The summed E-state index contributed by atoms with van der Waals surface area (Å²) in [6, 6.07) is 19.1. The number of nitrogens with one attached hydrogen (secondary N) is 2. The molecule has 4 aromatic heterocycles. The van der Waals surface area contributed by atoms with E-state index in [1.165, 1.54) is 12.4 Å². The molecule has 2 aromatic carbocycles. The van der Waals surface area contributed by atoms with E-state index < -0.39 is 0 Å². The van der Waals surface area contributed by atoms with Crippen molar-refractivity contribution in [2.45, 2.75) is 6.92 Å². The number of carbonyl (C=O) groups excluding carboxylic acids is 1. The number of anilines is 3. The summed E-state index contributed by atoms with van der Waals surface area (Å²) in [7, 11) is 1.93. The predicted octanol–water partition coefficient (Wildman–Crippen LogP) is 6.11. The van der Waals surface area contributed by atoms with Gasteiger partial charge < -0.3 is 24.3 Å². The fourth-order valence-electron chi connectivity index (χ4n) is 4.29. The van der Waals surface area contributed by atoms with Crippen LogP contribution in [0.3, 0.4) is 0 Å². The minimum Gasteiger partial charge on any atom is -0.456 e. The molecule has 1 amide bonds. The fraction of sp³-hybridized carbons (Fsp3) is 0.0667. The third-order valence-electron chi connectivity index (χ3n) is 6.32. The Hall–Kier alpha value is -5.44. The molecule has 0 aliphatic rings. The van der Waals surface area contributed by atoms with E-state index >= 15 is 0 Å². The van der Waals surface area contributed by atoms with Crippen LogP contribution in [0.15, 0.2) is 97.9 Å². The van der Waals surface area contributed by atoms with Crippen LogP contribution < -0.4 is 15.4 Å². The number of nitrogens with zero attached hydrogens (tertiary/aromatic N) is 5. The van der Waals surface area contributed by atoms with Crippen LogP contribution in [0.5, 0.6) is 11.5 Å². The van der Waals surface area contributed by atoms with Crippen molar-refractivity contribution >= 4 is 45.7 Å². The smallest absolute Gasteiger partial charge is 0.248 e. The second-order valence-electron chi connectivity index (χ2n) is 9.09. The van der Waals surface area contributed by atoms with Crippen LogP contribution in [-0.2, 0) is 11.8 Å². The molecule has 0 bridgehead atoms. The average molecular weight is 516 g/mol. The topological polar surface area (TPSA) is 98.4 Å². The number of aryl methyl sites for hydroxylation is 2. The van der Waals surface area contributed by atoms with Crippen molar-refractivity contribution in [2.24, 2.45) is 7.05 Å². The van der Waals surface area contributed by atoms with Gasteiger partial charge in [-0.1, -0.05) is 0 Å². The number of hydrogen-bond donors (Lipinski definition) is 2. The first-order chi connectivity index (χ1) is 19.0. The summed E-state index contributed by atoms with van der Waals surface area (Å²) < 4.78 is 9.97. The third-order valence-corrected chi connectivity index (χ3v) is 6.32. The molecule has 6 rings (SSSR count). The molecule has 9 heteroatoms. The second-order valence-corrected chi connectivity index (χ2v) is 9.09. The Bertz CT molecular complexity index is 1850. The van der Waals surface area contributed by atoms with Crippen LogP contribution in [0, 0.1) is 6.92 Å². The molecule has 0 saturated carbocycles. The molecule has 0 spiro atoms. The molecular weight excluding hydrogens is 490 g/mol. The van der Waals surface area contributed by atoms with Gasteiger partial charge in [-0.25, -0.2) is 15.0 Å². The molecule has 0 saturated heterocycles. The first-order valence-corrected chi connectivity index (χ1v) is 12.4. The minimum atomic E-state index is -0.222. The number of carbonyl (C=O) groups is 1. The molecule has 6 aromatic rings. The van der Waals surface area contributed by atoms with E-state index in [0.717, 1.165) is 45.0 Å². The van der Waals surface area contributed by atoms with Gasteiger partial charge in [-0.15, -0.1) is 0 Å². The monoisotopic (exact) mass is 515 g/mol. The normalized spacial score (nSPS) is 11.3. The largest absolute Gasteiger partial charge is 0.456 e. The summed E-state index contributed by atoms with van der Waals surface area (Å²) in [6.07, 6.45) is 12.3. The summed E-state index contributed by atoms with van der Waals surface area (Å²) in [6.45, 7) is 1.99. The quantitative estimate of drug-likeness (QED) is 0.249. The number of fused-ring (bicyclic) bond motifs is 2. The lowest BCUT2D eigenvalue weighted by atomic mass is 10.1. The van der Waals surface area contributed by atoms with E-state index in [4.69, 9.17) is 4.74 Å². The number of amides is 1. The van der Waals surface area contributed by atoms with Gasteiger partial charge in [0.25, 0.3) is 0 Å². The van der Waals surface area contributed by atoms with E-state index in [-0.39, 0.29) is 5.91 Å². The highest BCUT2D eigenvalue weighted by molar-refractivity contribution is 6.03. The van der Waals surface area contributed by atoms with Crippen LogP contribution in [0.2, 0.25) is 0 Å². The van der Waals surface area contributed by atoms with E-state index in [1.807, 2.05) is 102 Å². The number of pyridine rings is 1. The van der Waals surface area contributed by atoms with E-state index in [9.17, 15) is 4.79 Å². The molecule has 0 aliphatic heterocycles. The van der Waals surface area contributed by atoms with Gasteiger partial charge in [-0.3, -0.25) is 4.79 Å². The molecular formula is C30H25N7O2. The molecule has 39 heavy (non-hydrogen) atoms. The Morgan fingerprint density at radius 1 is 0.974 bits per heavy atom. The first kappa shape index (κ1) is 23.9. The number of benzene rings is 2. The average Bonchev–Trinajstić information content (AvgIpc) is 3.57. The van der Waals surface area contributed by atoms with Crippen LogP contribution in [-0.4, -0.2) is 29.8 Å². The predicted molar refractivity (Wildman–Crippen MR) is 152 cm³/mol. The van der Waals surface area contributed by atoms with Gasteiger partial charge in [0.15, 0.2) is 0 Å². The Morgan fingerprint density at radius 2 is 1.87 bits per heavy atom. The fourth-order valence-corrected chi connectivity index (χ4v) is 4.29. The Kier molecular flexibility index (Phi) is 6.22. The van der Waals surface area contributed by atoms with Crippen LogP contribution in [0.4, 0.5) is 17.2 Å². The van der Waals surface area contributed by atoms with Crippen molar-refractivity contribution in [1.82, 2.24) is 23.9 Å². The molecule has 9 nitrogen and oxygen atoms in total. The maximum atomic E-state index is 12.5. The molecule has 0 fully saturated rings. The molecule has 0 radical (unpaired) electrons. The van der Waals surface area contributed by atoms with Gasteiger partial charge in [-0.05, 0) is 79.2 Å². The van der Waals surface area contributed by atoms with Crippen molar-refractivity contribution in [3.63, 3.8) is 0 Å². The zero-order valence-corrected chi connectivity index (χ0v) is 21.4. The second kappa shape index (κ2) is 10.1. The SMILES string of the molecule is Cc1cc(Nc2ncnc3ccc(NC(=O)/C=C/c4cccn4C)cc23)ccc1Oc1ccc2nccn2c1. The van der Waals surface area contributed by atoms with Gasteiger partial charge >= 0.3 is 0 Å². The first-order valence-electron chi connectivity index (χ1n) is 12.4.